The Hall–Kier alpha value is -2.29. The molecule has 1 saturated heterocycles. The molecule has 4 rings (SSSR count). The minimum absolute atomic E-state index is 0.160. The first-order valence-electron chi connectivity index (χ1n) is 10.5. The summed E-state index contributed by atoms with van der Waals surface area (Å²) in [6.07, 6.45) is 9.89. The van der Waals surface area contributed by atoms with Gasteiger partial charge in [-0.2, -0.15) is 0 Å². The van der Waals surface area contributed by atoms with Gasteiger partial charge in [0, 0.05) is 17.9 Å². The van der Waals surface area contributed by atoms with E-state index in [1.165, 1.54) is 22.8 Å². The van der Waals surface area contributed by atoms with E-state index in [2.05, 4.69) is 58.0 Å². The van der Waals surface area contributed by atoms with Crippen molar-refractivity contribution in [2.24, 2.45) is 17.8 Å². The van der Waals surface area contributed by atoms with Gasteiger partial charge in [0.15, 0.2) is 0 Å². The van der Waals surface area contributed by atoms with Gasteiger partial charge in [0.1, 0.15) is 11.9 Å². The van der Waals surface area contributed by atoms with E-state index in [0.717, 1.165) is 12.2 Å². The van der Waals surface area contributed by atoms with Crippen LogP contribution in [0.5, 0.6) is 0 Å². The van der Waals surface area contributed by atoms with E-state index in [-0.39, 0.29) is 17.9 Å². The van der Waals surface area contributed by atoms with Crippen molar-refractivity contribution in [3.05, 3.63) is 71.0 Å². The van der Waals surface area contributed by atoms with Crippen LogP contribution in [0.1, 0.15) is 68.6 Å². The van der Waals surface area contributed by atoms with Gasteiger partial charge in [-0.1, -0.05) is 58.0 Å². The van der Waals surface area contributed by atoms with Crippen molar-refractivity contribution in [2.45, 2.75) is 58.0 Å². The minimum Gasteiger partial charge on any atom is -0.490 e. The molecule has 28 heavy (non-hydrogen) atoms. The maximum atomic E-state index is 10.8. The van der Waals surface area contributed by atoms with Gasteiger partial charge in [-0.3, -0.25) is 0 Å². The Labute approximate surface area is 167 Å². The summed E-state index contributed by atoms with van der Waals surface area (Å²) in [6.45, 7) is 9.48. The molecular formula is C25H30O3. The van der Waals surface area contributed by atoms with Crippen molar-refractivity contribution in [2.75, 3.05) is 0 Å². The van der Waals surface area contributed by atoms with Crippen LogP contribution in [0.25, 0.3) is 0 Å². The normalized spacial score (nSPS) is 36.6. The quantitative estimate of drug-likeness (QED) is 0.680. The van der Waals surface area contributed by atoms with E-state index in [0.29, 0.717) is 23.7 Å². The third-order valence-electron chi connectivity index (χ3n) is 7.49. The smallest absolute Gasteiger partial charge is 0.328 e. The predicted octanol–water partition coefficient (Wildman–Crippen LogP) is 5.76. The maximum Gasteiger partial charge on any atom is 0.328 e. The summed E-state index contributed by atoms with van der Waals surface area (Å²) >= 11 is 0. The first-order valence-corrected chi connectivity index (χ1v) is 10.5. The second-order valence-electron chi connectivity index (χ2n) is 8.86. The highest BCUT2D eigenvalue weighted by Gasteiger charge is 2.38. The third-order valence-corrected chi connectivity index (χ3v) is 7.49. The van der Waals surface area contributed by atoms with E-state index in [1.54, 1.807) is 6.08 Å². The summed E-state index contributed by atoms with van der Waals surface area (Å²) in [5.41, 5.74) is 4.35. The number of carbonyl (C=O) groups is 1. The molecule has 3 aliphatic rings. The van der Waals surface area contributed by atoms with Crippen LogP contribution in [-0.2, 0) is 9.53 Å². The van der Waals surface area contributed by atoms with Crippen LogP contribution >= 0.6 is 0 Å². The van der Waals surface area contributed by atoms with Crippen molar-refractivity contribution in [3.8, 4) is 0 Å². The zero-order valence-corrected chi connectivity index (χ0v) is 17.1. The third kappa shape index (κ3) is 3.21. The number of allylic oxidation sites excluding steroid dienone is 4. The number of carboxylic acid groups (broad SMARTS) is 1. The van der Waals surface area contributed by atoms with Crippen LogP contribution in [-0.4, -0.2) is 17.2 Å². The van der Waals surface area contributed by atoms with E-state index in [9.17, 15) is 4.79 Å². The topological polar surface area (TPSA) is 46.5 Å². The van der Waals surface area contributed by atoms with Gasteiger partial charge in [-0.15, -0.1) is 0 Å². The highest BCUT2D eigenvalue weighted by Crippen LogP contribution is 2.48. The molecule has 0 aromatic heterocycles. The molecule has 7 atom stereocenters. The molecule has 0 saturated carbocycles. The van der Waals surface area contributed by atoms with Gasteiger partial charge in [0.05, 0.1) is 0 Å². The zero-order chi connectivity index (χ0) is 20.0. The largest absolute Gasteiger partial charge is 0.490 e. The molecular weight excluding hydrogens is 348 g/mol. The molecule has 0 spiro atoms. The molecule has 0 bridgehead atoms. The number of hydrogen-bond donors (Lipinski definition) is 1. The lowest BCUT2D eigenvalue weighted by Gasteiger charge is -2.39. The monoisotopic (exact) mass is 378 g/mol. The van der Waals surface area contributed by atoms with Crippen LogP contribution in [0.4, 0.5) is 0 Å². The fraction of sp³-hybridized carbons (Fsp3) is 0.480. The molecule has 148 valence electrons. The average molecular weight is 379 g/mol. The molecule has 0 amide bonds. The van der Waals surface area contributed by atoms with Crippen LogP contribution in [0, 0.1) is 17.8 Å². The number of rotatable bonds is 3. The Morgan fingerprint density at radius 1 is 1.11 bits per heavy atom. The van der Waals surface area contributed by atoms with Gasteiger partial charge < -0.3 is 9.84 Å². The van der Waals surface area contributed by atoms with Gasteiger partial charge in [-0.05, 0) is 58.9 Å². The Morgan fingerprint density at radius 2 is 1.82 bits per heavy atom. The molecule has 1 fully saturated rings. The minimum atomic E-state index is -0.928. The maximum absolute atomic E-state index is 10.8. The SMILES string of the molecule is CC1c2ccc(C3C=CC=C4OC(/C=C/C(=O)O)CC43)cc2C(C)C(C)C1C. The summed E-state index contributed by atoms with van der Waals surface area (Å²) in [7, 11) is 0. The Balaban J connectivity index is 1.63. The van der Waals surface area contributed by atoms with Gasteiger partial charge >= 0.3 is 5.97 Å². The van der Waals surface area contributed by atoms with Gasteiger partial charge in [0.2, 0.25) is 0 Å². The van der Waals surface area contributed by atoms with E-state index < -0.39 is 5.97 Å². The van der Waals surface area contributed by atoms with Gasteiger partial charge in [-0.25, -0.2) is 4.79 Å². The molecule has 1 aromatic rings. The van der Waals surface area contributed by atoms with Crippen molar-refractivity contribution in [3.63, 3.8) is 0 Å². The number of ether oxygens (including phenoxy) is 1. The molecule has 0 radical (unpaired) electrons. The number of aliphatic carboxylic acids is 1. The second kappa shape index (κ2) is 7.27. The molecule has 1 heterocycles. The Morgan fingerprint density at radius 3 is 2.54 bits per heavy atom. The second-order valence-corrected chi connectivity index (χ2v) is 8.86. The molecule has 1 N–H and O–H groups in total. The number of fused-ring (bicyclic) bond motifs is 2. The van der Waals surface area contributed by atoms with Crippen LogP contribution < -0.4 is 0 Å². The Bertz CT molecular complexity index is 863. The van der Waals surface area contributed by atoms with Crippen molar-refractivity contribution >= 4 is 5.97 Å². The molecule has 1 aromatic carbocycles. The zero-order valence-electron chi connectivity index (χ0n) is 17.1. The lowest BCUT2D eigenvalue weighted by Crippen LogP contribution is -2.27. The molecule has 2 aliphatic carbocycles. The van der Waals surface area contributed by atoms with E-state index in [4.69, 9.17) is 9.84 Å². The summed E-state index contributed by atoms with van der Waals surface area (Å²) in [4.78, 5) is 10.8. The van der Waals surface area contributed by atoms with Crippen LogP contribution in [0.2, 0.25) is 0 Å². The summed E-state index contributed by atoms with van der Waals surface area (Å²) < 4.78 is 6.01. The fourth-order valence-corrected chi connectivity index (χ4v) is 5.31. The first-order chi connectivity index (χ1) is 13.4. The number of benzene rings is 1. The van der Waals surface area contributed by atoms with Crippen LogP contribution in [0.15, 0.2) is 54.3 Å². The molecule has 3 heteroatoms. The lowest BCUT2D eigenvalue weighted by molar-refractivity contribution is -0.131. The van der Waals surface area contributed by atoms with E-state index >= 15 is 0 Å². The van der Waals surface area contributed by atoms with E-state index in [1.807, 2.05) is 6.08 Å². The standard InChI is InChI=1S/C25H30O3/c1-14-15(2)17(4)22-12-18(8-10-20(22)16(14)3)21-6-5-7-24-23(21)13-19(28-24)9-11-25(26)27/h5-12,14-17,19,21,23H,13H2,1-4H3,(H,26,27)/b11-9+. The van der Waals surface area contributed by atoms with Crippen LogP contribution in [0.3, 0.4) is 0 Å². The number of hydrogen-bond acceptors (Lipinski definition) is 2. The summed E-state index contributed by atoms with van der Waals surface area (Å²) in [6, 6.07) is 7.07. The van der Waals surface area contributed by atoms with Gasteiger partial charge in [0.25, 0.3) is 0 Å². The number of carboxylic acids is 1. The summed E-state index contributed by atoms with van der Waals surface area (Å²) in [5.74, 6) is 3.14. The summed E-state index contributed by atoms with van der Waals surface area (Å²) in [5, 5.41) is 8.89. The molecule has 7 unspecified atom stereocenters. The molecule has 1 aliphatic heterocycles. The fourth-order valence-electron chi connectivity index (χ4n) is 5.31. The highest BCUT2D eigenvalue weighted by molar-refractivity contribution is 5.79. The Kier molecular flexibility index (Phi) is 4.95. The average Bonchev–Trinajstić information content (AvgIpc) is 3.12. The lowest BCUT2D eigenvalue weighted by atomic mass is 9.65. The first kappa shape index (κ1) is 19.0. The van der Waals surface area contributed by atoms with Crippen molar-refractivity contribution < 1.29 is 14.6 Å². The predicted molar refractivity (Wildman–Crippen MR) is 111 cm³/mol. The highest BCUT2D eigenvalue weighted by atomic mass is 16.5. The molecule has 3 nitrogen and oxygen atoms in total. The van der Waals surface area contributed by atoms with Crippen molar-refractivity contribution in [1.29, 1.82) is 0 Å². The van der Waals surface area contributed by atoms with Crippen molar-refractivity contribution in [1.82, 2.24) is 0 Å².